The molecule has 1 saturated heterocycles. The SMILES string of the molecule is CC1(O)CN(c2ccc3nnnn3n2)C1. The Morgan fingerprint density at radius 2 is 2.20 bits per heavy atom. The van der Waals surface area contributed by atoms with Crippen molar-refractivity contribution in [2.75, 3.05) is 18.0 Å². The van der Waals surface area contributed by atoms with Crippen LogP contribution in [0.25, 0.3) is 5.65 Å². The normalized spacial score (nSPS) is 19.2. The highest BCUT2D eigenvalue weighted by Gasteiger charge is 2.37. The van der Waals surface area contributed by atoms with Gasteiger partial charge in [0.15, 0.2) is 11.5 Å². The van der Waals surface area contributed by atoms with E-state index in [1.807, 2.05) is 11.0 Å². The van der Waals surface area contributed by atoms with E-state index in [2.05, 4.69) is 20.6 Å². The van der Waals surface area contributed by atoms with Crippen molar-refractivity contribution < 1.29 is 5.11 Å². The topological polar surface area (TPSA) is 79.4 Å². The molecule has 15 heavy (non-hydrogen) atoms. The van der Waals surface area contributed by atoms with Crippen LogP contribution in [0.5, 0.6) is 0 Å². The van der Waals surface area contributed by atoms with Crippen molar-refractivity contribution in [3.63, 3.8) is 0 Å². The van der Waals surface area contributed by atoms with Crippen molar-refractivity contribution in [2.45, 2.75) is 12.5 Å². The zero-order chi connectivity index (χ0) is 10.5. The summed E-state index contributed by atoms with van der Waals surface area (Å²) < 4.78 is 1.38. The third-order valence-corrected chi connectivity index (χ3v) is 2.44. The van der Waals surface area contributed by atoms with Gasteiger partial charge in [0.1, 0.15) is 0 Å². The molecule has 78 valence electrons. The monoisotopic (exact) mass is 206 g/mol. The van der Waals surface area contributed by atoms with Gasteiger partial charge in [0.05, 0.1) is 5.60 Å². The first-order valence-corrected chi connectivity index (χ1v) is 4.67. The highest BCUT2D eigenvalue weighted by molar-refractivity contribution is 5.47. The first-order valence-electron chi connectivity index (χ1n) is 4.67. The Morgan fingerprint density at radius 3 is 2.93 bits per heavy atom. The Labute approximate surface area is 85.3 Å². The summed E-state index contributed by atoms with van der Waals surface area (Å²) in [7, 11) is 0. The molecule has 0 unspecified atom stereocenters. The molecule has 0 radical (unpaired) electrons. The third-order valence-electron chi connectivity index (χ3n) is 2.44. The molecule has 0 aromatic carbocycles. The molecule has 1 fully saturated rings. The summed E-state index contributed by atoms with van der Waals surface area (Å²) >= 11 is 0. The van der Waals surface area contributed by atoms with E-state index >= 15 is 0 Å². The minimum Gasteiger partial charge on any atom is -0.386 e. The van der Waals surface area contributed by atoms with Gasteiger partial charge in [-0.05, 0) is 29.5 Å². The van der Waals surface area contributed by atoms with Crippen LogP contribution in [-0.2, 0) is 0 Å². The van der Waals surface area contributed by atoms with Crippen LogP contribution in [0.1, 0.15) is 6.92 Å². The lowest BCUT2D eigenvalue weighted by atomic mass is 9.97. The predicted octanol–water partition coefficient (Wildman–Crippen LogP) is -0.910. The van der Waals surface area contributed by atoms with Crippen molar-refractivity contribution in [3.05, 3.63) is 12.1 Å². The molecule has 0 spiro atoms. The largest absolute Gasteiger partial charge is 0.386 e. The Hall–Kier alpha value is -1.76. The van der Waals surface area contributed by atoms with Gasteiger partial charge >= 0.3 is 0 Å². The molecule has 1 aliphatic rings. The van der Waals surface area contributed by atoms with Crippen LogP contribution >= 0.6 is 0 Å². The van der Waals surface area contributed by atoms with Gasteiger partial charge < -0.3 is 10.0 Å². The lowest BCUT2D eigenvalue weighted by molar-refractivity contribution is 0.0304. The van der Waals surface area contributed by atoms with Gasteiger partial charge in [-0.15, -0.1) is 14.8 Å². The number of rotatable bonds is 1. The number of anilines is 1. The quantitative estimate of drug-likeness (QED) is 0.650. The molecule has 1 aliphatic heterocycles. The number of hydrogen-bond acceptors (Lipinski definition) is 6. The van der Waals surface area contributed by atoms with Gasteiger partial charge in [-0.25, -0.2) is 0 Å². The molecule has 0 aliphatic carbocycles. The lowest BCUT2D eigenvalue weighted by Crippen LogP contribution is -2.60. The maximum Gasteiger partial charge on any atom is 0.200 e. The van der Waals surface area contributed by atoms with Gasteiger partial charge in [0.2, 0.25) is 0 Å². The van der Waals surface area contributed by atoms with Crippen molar-refractivity contribution >= 4 is 11.5 Å². The highest BCUT2D eigenvalue weighted by atomic mass is 16.3. The van der Waals surface area contributed by atoms with Gasteiger partial charge in [-0.3, -0.25) is 0 Å². The fourth-order valence-corrected chi connectivity index (χ4v) is 1.75. The van der Waals surface area contributed by atoms with Crippen molar-refractivity contribution in [3.8, 4) is 0 Å². The molecule has 0 atom stereocenters. The first-order chi connectivity index (χ1) is 7.14. The van der Waals surface area contributed by atoms with Crippen LogP contribution in [0.3, 0.4) is 0 Å². The van der Waals surface area contributed by atoms with Crippen LogP contribution in [0.15, 0.2) is 12.1 Å². The smallest absolute Gasteiger partial charge is 0.200 e. The second-order valence-corrected chi connectivity index (χ2v) is 4.07. The summed E-state index contributed by atoms with van der Waals surface area (Å²) in [6.07, 6.45) is 0. The van der Waals surface area contributed by atoms with E-state index in [9.17, 15) is 5.11 Å². The van der Waals surface area contributed by atoms with E-state index in [1.54, 1.807) is 13.0 Å². The Balaban J connectivity index is 1.92. The number of β-amino-alcohol motifs (C(OH)–C–C–N with tert-alkyl or cyclic N) is 1. The molecule has 3 rings (SSSR count). The van der Waals surface area contributed by atoms with E-state index in [0.717, 1.165) is 5.82 Å². The van der Waals surface area contributed by atoms with Gasteiger partial charge in [0, 0.05) is 13.1 Å². The summed E-state index contributed by atoms with van der Waals surface area (Å²) in [6, 6.07) is 3.65. The summed E-state index contributed by atoms with van der Waals surface area (Å²) in [6.45, 7) is 2.99. The van der Waals surface area contributed by atoms with Crippen LogP contribution in [0.2, 0.25) is 0 Å². The molecule has 0 saturated carbocycles. The molecule has 1 N–H and O–H groups in total. The van der Waals surface area contributed by atoms with Crippen molar-refractivity contribution in [1.82, 2.24) is 25.3 Å². The molecule has 0 bridgehead atoms. The maximum atomic E-state index is 9.60. The van der Waals surface area contributed by atoms with E-state index in [4.69, 9.17) is 0 Å². The number of aliphatic hydroxyl groups is 1. The van der Waals surface area contributed by atoms with Crippen LogP contribution in [-0.4, -0.2) is 49.1 Å². The summed E-state index contributed by atoms with van der Waals surface area (Å²) in [5, 5.41) is 24.8. The number of hydrogen-bond donors (Lipinski definition) is 1. The second-order valence-electron chi connectivity index (χ2n) is 4.07. The zero-order valence-corrected chi connectivity index (χ0v) is 8.20. The second kappa shape index (κ2) is 2.63. The van der Waals surface area contributed by atoms with Crippen LogP contribution in [0.4, 0.5) is 5.82 Å². The standard InChI is InChI=1S/C8H10N6O/c1-8(15)4-13(5-8)7-3-2-6-9-11-12-14(6)10-7/h2-3,15H,4-5H2,1H3. The average Bonchev–Trinajstić information content (AvgIpc) is 2.60. The van der Waals surface area contributed by atoms with Gasteiger partial charge in [-0.2, -0.15) is 0 Å². The Bertz CT molecular complexity index is 499. The van der Waals surface area contributed by atoms with E-state index in [0.29, 0.717) is 18.7 Å². The minimum atomic E-state index is -0.600. The average molecular weight is 206 g/mol. The van der Waals surface area contributed by atoms with Gasteiger partial charge in [-0.1, -0.05) is 0 Å². The Kier molecular flexibility index (Phi) is 1.50. The molecular formula is C8H10N6O. The molecule has 0 amide bonds. The number of fused-ring (bicyclic) bond motifs is 1. The van der Waals surface area contributed by atoms with E-state index in [-0.39, 0.29) is 0 Å². The van der Waals surface area contributed by atoms with Crippen LogP contribution < -0.4 is 4.90 Å². The predicted molar refractivity (Wildman–Crippen MR) is 51.4 cm³/mol. The number of tetrazole rings is 1. The fourth-order valence-electron chi connectivity index (χ4n) is 1.75. The summed E-state index contributed by atoms with van der Waals surface area (Å²) in [4.78, 5) is 1.97. The Morgan fingerprint density at radius 1 is 1.40 bits per heavy atom. The van der Waals surface area contributed by atoms with Gasteiger partial charge in [0.25, 0.3) is 0 Å². The van der Waals surface area contributed by atoms with Crippen molar-refractivity contribution in [1.29, 1.82) is 0 Å². The van der Waals surface area contributed by atoms with Crippen molar-refractivity contribution in [2.24, 2.45) is 0 Å². The molecule has 7 heteroatoms. The zero-order valence-electron chi connectivity index (χ0n) is 8.20. The molecule has 2 aromatic heterocycles. The molecule has 2 aromatic rings. The molecule has 7 nitrogen and oxygen atoms in total. The summed E-state index contributed by atoms with van der Waals surface area (Å²) in [5.41, 5.74) is 0.0168. The number of aromatic nitrogens is 5. The third kappa shape index (κ3) is 1.32. The fraction of sp³-hybridized carbons (Fsp3) is 0.500. The number of nitrogens with zero attached hydrogens (tertiary/aromatic N) is 6. The minimum absolute atomic E-state index is 0.591. The van der Waals surface area contributed by atoms with E-state index < -0.39 is 5.60 Å². The summed E-state index contributed by atoms with van der Waals surface area (Å²) in [5.74, 6) is 0.779. The molecular weight excluding hydrogens is 196 g/mol. The first kappa shape index (κ1) is 8.54. The lowest BCUT2D eigenvalue weighted by Gasteiger charge is -2.44. The molecule has 3 heterocycles. The maximum absolute atomic E-state index is 9.60. The highest BCUT2D eigenvalue weighted by Crippen LogP contribution is 2.25. The van der Waals surface area contributed by atoms with Crippen LogP contribution in [0, 0.1) is 0 Å². The van der Waals surface area contributed by atoms with E-state index in [1.165, 1.54) is 4.63 Å².